The van der Waals surface area contributed by atoms with E-state index in [0.717, 1.165) is 12.8 Å². The number of pyridine rings is 1. The van der Waals surface area contributed by atoms with Gasteiger partial charge in [0.15, 0.2) is 0 Å². The molecule has 1 fully saturated rings. The van der Waals surface area contributed by atoms with Crippen LogP contribution in [0.1, 0.15) is 12.8 Å². The van der Waals surface area contributed by atoms with Gasteiger partial charge in [0.25, 0.3) is 0 Å². The van der Waals surface area contributed by atoms with Crippen molar-refractivity contribution in [3.05, 3.63) is 24.3 Å². The number of rotatable bonds is 4. The van der Waals surface area contributed by atoms with Crippen molar-refractivity contribution in [2.45, 2.75) is 18.9 Å². The molecule has 1 heterocycles. The zero-order chi connectivity index (χ0) is 11.5. The summed E-state index contributed by atoms with van der Waals surface area (Å²) in [6.07, 6.45) is 3.53. The van der Waals surface area contributed by atoms with Gasteiger partial charge in [0.2, 0.25) is 11.9 Å². The molecule has 2 rings (SSSR count). The van der Waals surface area contributed by atoms with Crippen molar-refractivity contribution >= 4 is 11.6 Å². The molecule has 1 N–H and O–H groups in total. The highest BCUT2D eigenvalue weighted by Crippen LogP contribution is 2.18. The molecular weight excluding hydrogens is 209 g/mol. The summed E-state index contributed by atoms with van der Waals surface area (Å²) in [5.74, 6) is -0.561. The highest BCUT2D eigenvalue weighted by atomic mass is 19.1. The number of anilines is 1. The smallest absolute Gasteiger partial charge is 0.239 e. The Hall–Kier alpha value is -1.65. The van der Waals surface area contributed by atoms with Crippen LogP contribution >= 0.6 is 0 Å². The van der Waals surface area contributed by atoms with Gasteiger partial charge in [0, 0.05) is 31.0 Å². The largest absolute Gasteiger partial charge is 0.365 e. The van der Waals surface area contributed by atoms with E-state index in [1.165, 1.54) is 12.3 Å². The van der Waals surface area contributed by atoms with Crippen molar-refractivity contribution in [3.8, 4) is 0 Å². The fraction of sp³-hybridized carbons (Fsp3) is 0.455. The number of hydrogen-bond donors (Lipinski definition) is 1. The predicted octanol–water partition coefficient (Wildman–Crippen LogP) is 0.935. The minimum absolute atomic E-state index is 0.0257. The Balaban J connectivity index is 1.91. The summed E-state index contributed by atoms with van der Waals surface area (Å²) in [5, 5.41) is 2.88. The van der Waals surface area contributed by atoms with E-state index in [9.17, 15) is 9.18 Å². The second-order valence-electron chi connectivity index (χ2n) is 4.03. The van der Waals surface area contributed by atoms with Crippen LogP contribution in [0.5, 0.6) is 0 Å². The Bertz CT molecular complexity index is 393. The molecule has 1 aliphatic carbocycles. The van der Waals surface area contributed by atoms with E-state index in [0.29, 0.717) is 11.7 Å². The minimum Gasteiger partial charge on any atom is -0.365 e. The van der Waals surface area contributed by atoms with E-state index >= 15 is 0 Å². The van der Waals surface area contributed by atoms with Gasteiger partial charge in [-0.1, -0.05) is 0 Å². The molecule has 4 nitrogen and oxygen atoms in total. The highest BCUT2D eigenvalue weighted by molar-refractivity contribution is 5.81. The van der Waals surface area contributed by atoms with Crippen LogP contribution in [-0.2, 0) is 4.79 Å². The number of nitrogens with one attached hydrogen (secondary N) is 1. The van der Waals surface area contributed by atoms with E-state index in [4.69, 9.17) is 0 Å². The van der Waals surface area contributed by atoms with Crippen molar-refractivity contribution < 1.29 is 9.18 Å². The van der Waals surface area contributed by atoms with Gasteiger partial charge in [-0.25, -0.2) is 4.98 Å². The Kier molecular flexibility index (Phi) is 3.03. The fourth-order valence-electron chi connectivity index (χ4n) is 1.44. The molecule has 0 atom stereocenters. The molecule has 0 saturated heterocycles. The molecule has 0 aliphatic heterocycles. The first-order valence-electron chi connectivity index (χ1n) is 5.27. The fourth-order valence-corrected chi connectivity index (χ4v) is 1.44. The maximum atomic E-state index is 12.8. The molecule has 1 aromatic rings. The standard InChI is InChI=1S/C11H14FN3O/c1-15(7-11(16)14-8-2-3-8)9-4-5-13-10(12)6-9/h4-6,8H,2-3,7H2,1H3,(H,14,16). The summed E-state index contributed by atoms with van der Waals surface area (Å²) in [6, 6.07) is 3.34. The number of carbonyl (C=O) groups excluding carboxylic acids is 1. The van der Waals surface area contributed by atoms with Gasteiger partial charge in [0.05, 0.1) is 6.54 Å². The first kappa shape index (κ1) is 10.9. The SMILES string of the molecule is CN(CC(=O)NC1CC1)c1ccnc(F)c1. The molecule has 16 heavy (non-hydrogen) atoms. The summed E-state index contributed by atoms with van der Waals surface area (Å²) >= 11 is 0. The zero-order valence-electron chi connectivity index (χ0n) is 9.11. The first-order valence-corrected chi connectivity index (χ1v) is 5.27. The predicted molar refractivity (Wildman–Crippen MR) is 58.6 cm³/mol. The van der Waals surface area contributed by atoms with Gasteiger partial charge in [-0.05, 0) is 18.9 Å². The van der Waals surface area contributed by atoms with Crippen LogP contribution in [0.15, 0.2) is 18.3 Å². The van der Waals surface area contributed by atoms with Crippen molar-refractivity contribution in [1.82, 2.24) is 10.3 Å². The lowest BCUT2D eigenvalue weighted by molar-refractivity contribution is -0.119. The zero-order valence-corrected chi connectivity index (χ0v) is 9.11. The van der Waals surface area contributed by atoms with Crippen molar-refractivity contribution in [2.24, 2.45) is 0 Å². The van der Waals surface area contributed by atoms with Gasteiger partial charge in [-0.2, -0.15) is 4.39 Å². The summed E-state index contributed by atoms with van der Waals surface area (Å²) in [7, 11) is 1.75. The Labute approximate surface area is 93.5 Å². The second kappa shape index (κ2) is 4.47. The maximum Gasteiger partial charge on any atom is 0.239 e. The van der Waals surface area contributed by atoms with E-state index in [-0.39, 0.29) is 12.5 Å². The Morgan fingerprint density at radius 3 is 3.06 bits per heavy atom. The molecule has 1 aliphatic rings. The lowest BCUT2D eigenvalue weighted by Crippen LogP contribution is -2.36. The van der Waals surface area contributed by atoms with E-state index in [2.05, 4.69) is 10.3 Å². The third-order valence-electron chi connectivity index (χ3n) is 2.47. The topological polar surface area (TPSA) is 45.2 Å². The number of aromatic nitrogens is 1. The first-order chi connectivity index (χ1) is 7.65. The third kappa shape index (κ3) is 2.92. The van der Waals surface area contributed by atoms with Gasteiger partial charge in [-0.3, -0.25) is 4.79 Å². The number of nitrogens with zero attached hydrogens (tertiary/aromatic N) is 2. The van der Waals surface area contributed by atoms with Gasteiger partial charge in [0.1, 0.15) is 0 Å². The Morgan fingerprint density at radius 2 is 2.44 bits per heavy atom. The van der Waals surface area contributed by atoms with Crippen molar-refractivity contribution in [3.63, 3.8) is 0 Å². The second-order valence-corrected chi connectivity index (χ2v) is 4.03. The van der Waals surface area contributed by atoms with Crippen LogP contribution in [0.4, 0.5) is 10.1 Å². The molecule has 0 bridgehead atoms. The van der Waals surface area contributed by atoms with Crippen LogP contribution in [0.2, 0.25) is 0 Å². The van der Waals surface area contributed by atoms with Gasteiger partial charge >= 0.3 is 0 Å². The van der Waals surface area contributed by atoms with Crippen molar-refractivity contribution in [2.75, 3.05) is 18.5 Å². The normalized spacial score (nSPS) is 14.6. The number of halogens is 1. The maximum absolute atomic E-state index is 12.8. The van der Waals surface area contributed by atoms with Crippen LogP contribution in [0.3, 0.4) is 0 Å². The molecule has 0 spiro atoms. The molecule has 1 aromatic heterocycles. The minimum atomic E-state index is -0.535. The number of likely N-dealkylation sites (N-methyl/N-ethyl adjacent to an activating group) is 1. The average molecular weight is 223 g/mol. The average Bonchev–Trinajstić information content (AvgIpc) is 3.01. The monoisotopic (exact) mass is 223 g/mol. The molecule has 0 aromatic carbocycles. The van der Waals surface area contributed by atoms with Crippen LogP contribution in [-0.4, -0.2) is 30.5 Å². The van der Waals surface area contributed by atoms with E-state index in [1.54, 1.807) is 18.0 Å². The molecular formula is C11H14FN3O. The number of hydrogen-bond acceptors (Lipinski definition) is 3. The summed E-state index contributed by atoms with van der Waals surface area (Å²) in [6.45, 7) is 0.236. The molecule has 1 amide bonds. The molecule has 0 radical (unpaired) electrons. The lowest BCUT2D eigenvalue weighted by atomic mass is 10.3. The van der Waals surface area contributed by atoms with Gasteiger partial charge in [-0.15, -0.1) is 0 Å². The molecule has 0 unspecified atom stereocenters. The number of carbonyl (C=O) groups is 1. The number of amides is 1. The van der Waals surface area contributed by atoms with Gasteiger partial charge < -0.3 is 10.2 Å². The summed E-state index contributed by atoms with van der Waals surface area (Å²) in [4.78, 5) is 16.7. The van der Waals surface area contributed by atoms with E-state index in [1.807, 2.05) is 0 Å². The highest BCUT2D eigenvalue weighted by Gasteiger charge is 2.23. The van der Waals surface area contributed by atoms with Crippen LogP contribution in [0, 0.1) is 5.95 Å². The molecule has 86 valence electrons. The Morgan fingerprint density at radius 1 is 1.69 bits per heavy atom. The van der Waals surface area contributed by atoms with Crippen molar-refractivity contribution in [1.29, 1.82) is 0 Å². The van der Waals surface area contributed by atoms with Crippen LogP contribution in [0.25, 0.3) is 0 Å². The van der Waals surface area contributed by atoms with Crippen LogP contribution < -0.4 is 10.2 Å². The summed E-state index contributed by atoms with van der Waals surface area (Å²) in [5.41, 5.74) is 0.651. The summed E-state index contributed by atoms with van der Waals surface area (Å²) < 4.78 is 12.8. The molecule has 1 saturated carbocycles. The quantitative estimate of drug-likeness (QED) is 0.772. The molecule has 5 heteroatoms. The lowest BCUT2D eigenvalue weighted by Gasteiger charge is -2.18. The third-order valence-corrected chi connectivity index (χ3v) is 2.47. The van der Waals surface area contributed by atoms with E-state index < -0.39 is 5.95 Å².